The van der Waals surface area contributed by atoms with Gasteiger partial charge in [-0.05, 0) is 125 Å². The topological polar surface area (TPSA) is 91.4 Å². The van der Waals surface area contributed by atoms with Crippen molar-refractivity contribution in [2.24, 2.45) is 17.8 Å². The molecule has 284 valence electrons. The SMILES string of the molecule is CO[C@]1(CN2C[C@@H]3C[C@H]2CN3C(C)C)/C=C/C[C@H](C)[C@@H](C)S(=O)(=O)NC(=O)c2ccc3c(c2)N(CCCCc2cc(Cl)ccc2CO3)C[C@@H]2CC[C@H]21. The Labute approximate surface area is 316 Å². The summed E-state index contributed by atoms with van der Waals surface area (Å²) in [6, 6.07) is 13.0. The van der Waals surface area contributed by atoms with Crippen LogP contribution in [0, 0.1) is 17.8 Å². The summed E-state index contributed by atoms with van der Waals surface area (Å²) in [4.78, 5) is 21.3. The highest BCUT2D eigenvalue weighted by molar-refractivity contribution is 7.90. The molecule has 0 radical (unpaired) electrons. The van der Waals surface area contributed by atoms with E-state index in [0.717, 1.165) is 81.1 Å². The Hall–Kier alpha value is -2.63. The standard InChI is InChI=1S/C41H57ClN4O5S/c1-27(2)46-24-35-21-36(46)23-45(35)26-41(50-5)17-8-9-28(3)29(4)52(48,49)43-40(47)31-13-16-39-38(20-31)44(22-32-12-15-37(32)41)18-7-6-10-30-19-34(42)14-11-33(30)25-51-39/h8,11,13-14,16-17,19-20,27-29,32,35-37H,6-7,9-10,12,15,18,21-26H2,1-5H3,(H,43,47)/b17-8+/t28-,29+,32-,35-,36-,37+,41-/m0/s1. The minimum absolute atomic E-state index is 0.210. The number of benzene rings is 2. The number of fused-ring (bicyclic) bond motifs is 5. The summed E-state index contributed by atoms with van der Waals surface area (Å²) >= 11 is 6.41. The molecule has 3 fully saturated rings. The average molecular weight is 753 g/mol. The molecule has 1 N–H and O–H groups in total. The summed E-state index contributed by atoms with van der Waals surface area (Å²) in [5.74, 6) is 0.515. The second-order valence-corrected chi connectivity index (χ2v) is 18.9. The molecule has 7 rings (SSSR count). The zero-order valence-electron chi connectivity index (χ0n) is 31.5. The van der Waals surface area contributed by atoms with Crippen molar-refractivity contribution < 1.29 is 22.7 Å². The molecule has 4 aliphatic heterocycles. The van der Waals surface area contributed by atoms with Crippen LogP contribution in [0.2, 0.25) is 5.02 Å². The highest BCUT2D eigenvalue weighted by Gasteiger charge is 2.52. The van der Waals surface area contributed by atoms with Gasteiger partial charge in [0, 0.05) is 68.5 Å². The van der Waals surface area contributed by atoms with E-state index in [1.807, 2.05) is 44.4 Å². The number of carbonyl (C=O) groups is 1. The molecule has 2 aromatic carbocycles. The van der Waals surface area contributed by atoms with Gasteiger partial charge in [-0.3, -0.25) is 14.6 Å². The zero-order chi connectivity index (χ0) is 36.8. The number of hydrogen-bond donors (Lipinski definition) is 1. The molecule has 0 aromatic heterocycles. The highest BCUT2D eigenvalue weighted by Crippen LogP contribution is 2.48. The smallest absolute Gasteiger partial charge is 0.264 e. The number of ether oxygens (including phenoxy) is 2. The molecule has 1 saturated carbocycles. The van der Waals surface area contributed by atoms with Crippen LogP contribution in [0.5, 0.6) is 5.75 Å². The first-order valence-corrected chi connectivity index (χ1v) is 21.4. The van der Waals surface area contributed by atoms with Gasteiger partial charge in [-0.2, -0.15) is 0 Å². The largest absolute Gasteiger partial charge is 0.487 e. The van der Waals surface area contributed by atoms with Gasteiger partial charge in [0.05, 0.1) is 10.9 Å². The molecule has 7 atom stereocenters. The molecular formula is C41H57ClN4O5S. The normalized spacial score (nSPS) is 33.3. The van der Waals surface area contributed by atoms with Crippen molar-refractivity contribution in [3.63, 3.8) is 0 Å². The second kappa shape index (κ2) is 15.2. The van der Waals surface area contributed by atoms with Crippen LogP contribution in [0.3, 0.4) is 0 Å². The number of allylic oxidation sites excluding steroid dienone is 1. The number of likely N-dealkylation sites (tertiary alicyclic amines) is 2. The molecule has 11 heteroatoms. The van der Waals surface area contributed by atoms with Crippen LogP contribution in [0.4, 0.5) is 5.69 Å². The first kappa shape index (κ1) is 37.7. The lowest BCUT2D eigenvalue weighted by Gasteiger charge is -2.52. The third-order valence-corrected chi connectivity index (χ3v) is 15.2. The van der Waals surface area contributed by atoms with Crippen molar-refractivity contribution in [1.29, 1.82) is 0 Å². The van der Waals surface area contributed by atoms with Crippen molar-refractivity contribution in [3.05, 3.63) is 70.3 Å². The van der Waals surface area contributed by atoms with Gasteiger partial charge in [-0.15, -0.1) is 0 Å². The number of nitrogens with zero attached hydrogens (tertiary/aromatic N) is 3. The summed E-state index contributed by atoms with van der Waals surface area (Å²) in [7, 11) is -2.08. The lowest BCUT2D eigenvalue weighted by molar-refractivity contribution is -0.0971. The third kappa shape index (κ3) is 7.52. The van der Waals surface area contributed by atoms with E-state index in [1.165, 1.54) is 12.0 Å². The van der Waals surface area contributed by atoms with Crippen molar-refractivity contribution in [2.75, 3.05) is 44.7 Å². The van der Waals surface area contributed by atoms with Crippen LogP contribution in [0.15, 0.2) is 48.6 Å². The van der Waals surface area contributed by atoms with Crippen molar-refractivity contribution in [1.82, 2.24) is 14.5 Å². The number of nitrogens with one attached hydrogen (secondary N) is 1. The predicted octanol–water partition coefficient (Wildman–Crippen LogP) is 6.68. The number of piperazine rings is 1. The van der Waals surface area contributed by atoms with Gasteiger partial charge in [0.15, 0.2) is 0 Å². The molecule has 0 spiro atoms. The van der Waals surface area contributed by atoms with Gasteiger partial charge < -0.3 is 14.4 Å². The third-order valence-electron chi connectivity index (χ3n) is 13.1. The number of carbonyl (C=O) groups excluding carboxylic acids is 1. The number of rotatable bonds is 4. The average Bonchev–Trinajstić information content (AvgIpc) is 3.69. The van der Waals surface area contributed by atoms with Crippen LogP contribution in [-0.4, -0.2) is 92.9 Å². The van der Waals surface area contributed by atoms with Gasteiger partial charge in [0.1, 0.15) is 18.0 Å². The summed E-state index contributed by atoms with van der Waals surface area (Å²) in [5, 5.41) is -0.0490. The minimum atomic E-state index is -3.95. The van der Waals surface area contributed by atoms with E-state index in [0.29, 0.717) is 54.3 Å². The number of hydrogen-bond acceptors (Lipinski definition) is 8. The summed E-state index contributed by atoms with van der Waals surface area (Å²) in [6.45, 7) is 13.2. The number of amides is 1. The van der Waals surface area contributed by atoms with Crippen molar-refractivity contribution >= 4 is 33.2 Å². The van der Waals surface area contributed by atoms with Crippen LogP contribution < -0.4 is 14.4 Å². The fourth-order valence-electron chi connectivity index (χ4n) is 9.56. The Morgan fingerprint density at radius 3 is 2.58 bits per heavy atom. The Kier molecular flexibility index (Phi) is 11.0. The molecule has 2 saturated heterocycles. The van der Waals surface area contributed by atoms with Gasteiger partial charge in [-0.25, -0.2) is 13.1 Å². The maximum Gasteiger partial charge on any atom is 0.264 e. The summed E-state index contributed by atoms with van der Waals surface area (Å²) in [5.41, 5.74) is 2.92. The maximum atomic E-state index is 13.6. The maximum absolute atomic E-state index is 13.6. The molecule has 1 aliphatic carbocycles. The number of sulfonamides is 1. The number of anilines is 1. The summed E-state index contributed by atoms with van der Waals surface area (Å²) < 4.78 is 42.9. The zero-order valence-corrected chi connectivity index (χ0v) is 33.1. The van der Waals surface area contributed by atoms with E-state index in [2.05, 4.69) is 45.4 Å². The molecule has 4 heterocycles. The number of aryl methyl sites for hydroxylation is 1. The van der Waals surface area contributed by atoms with Gasteiger partial charge >= 0.3 is 0 Å². The Morgan fingerprint density at radius 1 is 1.04 bits per heavy atom. The van der Waals surface area contributed by atoms with Crippen molar-refractivity contribution in [3.8, 4) is 5.75 Å². The van der Waals surface area contributed by atoms with Crippen LogP contribution >= 0.6 is 11.6 Å². The van der Waals surface area contributed by atoms with Crippen LogP contribution in [0.1, 0.15) is 87.7 Å². The Bertz CT molecular complexity index is 1770. The highest BCUT2D eigenvalue weighted by atomic mass is 35.5. The molecule has 52 heavy (non-hydrogen) atoms. The molecule has 5 aliphatic rings. The quantitative estimate of drug-likeness (QED) is 0.346. The van der Waals surface area contributed by atoms with E-state index in [4.69, 9.17) is 21.1 Å². The summed E-state index contributed by atoms with van der Waals surface area (Å²) in [6.07, 6.45) is 11.2. The molecule has 1 amide bonds. The Morgan fingerprint density at radius 2 is 1.87 bits per heavy atom. The Balaban J connectivity index is 1.25. The monoisotopic (exact) mass is 752 g/mol. The minimum Gasteiger partial charge on any atom is -0.487 e. The molecular weight excluding hydrogens is 696 g/mol. The van der Waals surface area contributed by atoms with E-state index in [1.54, 1.807) is 13.0 Å². The van der Waals surface area contributed by atoms with E-state index < -0.39 is 26.8 Å². The van der Waals surface area contributed by atoms with Gasteiger partial charge in [-0.1, -0.05) is 36.7 Å². The van der Waals surface area contributed by atoms with Crippen LogP contribution in [-0.2, 0) is 27.8 Å². The first-order valence-electron chi connectivity index (χ1n) is 19.4. The number of halogens is 1. The van der Waals surface area contributed by atoms with E-state index >= 15 is 0 Å². The van der Waals surface area contributed by atoms with Crippen molar-refractivity contribution in [2.45, 2.75) is 108 Å². The second-order valence-electron chi connectivity index (χ2n) is 16.5. The fraction of sp³-hybridized carbons (Fsp3) is 0.634. The van der Waals surface area contributed by atoms with E-state index in [-0.39, 0.29) is 5.92 Å². The lowest BCUT2D eigenvalue weighted by atomic mass is 9.63. The molecule has 4 bridgehead atoms. The molecule has 0 unspecified atom stereocenters. The fourth-order valence-corrected chi connectivity index (χ4v) is 11.0. The van der Waals surface area contributed by atoms with Gasteiger partial charge in [0.2, 0.25) is 10.0 Å². The van der Waals surface area contributed by atoms with Crippen LogP contribution in [0.25, 0.3) is 0 Å². The lowest BCUT2D eigenvalue weighted by Crippen LogP contribution is -2.59. The number of methoxy groups -OCH3 is 1. The first-order chi connectivity index (χ1) is 24.9. The predicted molar refractivity (Wildman–Crippen MR) is 208 cm³/mol. The van der Waals surface area contributed by atoms with E-state index in [9.17, 15) is 13.2 Å². The molecule has 9 nitrogen and oxygen atoms in total. The molecule has 2 aromatic rings. The van der Waals surface area contributed by atoms with Gasteiger partial charge in [0.25, 0.3) is 5.91 Å².